The first kappa shape index (κ1) is 19.9. The number of aryl methyl sites for hydroxylation is 1. The van der Waals surface area contributed by atoms with Gasteiger partial charge in [0.15, 0.2) is 5.11 Å². The fraction of sp³-hybridized carbons (Fsp3) is 0.0455. The van der Waals surface area contributed by atoms with E-state index in [1.54, 1.807) is 65.4 Å². The molecule has 0 radical (unpaired) electrons. The molecule has 3 aromatic rings. The summed E-state index contributed by atoms with van der Waals surface area (Å²) in [6.45, 7) is 1.85. The molecule has 0 unspecified atom stereocenters. The number of hydrogen-bond donors (Lipinski definition) is 2. The number of amides is 2. The van der Waals surface area contributed by atoms with Crippen molar-refractivity contribution in [3.05, 3.63) is 82.6 Å². The van der Waals surface area contributed by atoms with Gasteiger partial charge in [-0.15, -0.1) is 0 Å². The lowest BCUT2D eigenvalue weighted by molar-refractivity contribution is -0.122. The maximum absolute atomic E-state index is 13.2. The van der Waals surface area contributed by atoms with Gasteiger partial charge in [0.25, 0.3) is 11.8 Å². The molecule has 2 aromatic carbocycles. The molecule has 30 heavy (non-hydrogen) atoms. The number of thiocarbonyl (C=S) groups is 1. The van der Waals surface area contributed by atoms with Crippen molar-refractivity contribution in [2.45, 2.75) is 6.92 Å². The Morgan fingerprint density at radius 1 is 1.07 bits per heavy atom. The third-order valence-electron chi connectivity index (χ3n) is 4.72. The van der Waals surface area contributed by atoms with Crippen molar-refractivity contribution in [1.82, 2.24) is 9.88 Å². The molecule has 0 saturated carbocycles. The second-order valence-corrected chi connectivity index (χ2v) is 7.50. The number of phenols is 1. The number of aromatic hydroxyl groups is 1. The van der Waals surface area contributed by atoms with Crippen molar-refractivity contribution >= 4 is 52.5 Å². The summed E-state index contributed by atoms with van der Waals surface area (Å²) in [5.74, 6) is -0.964. The number of aromatic nitrogens is 1. The molecule has 2 N–H and O–H groups in total. The van der Waals surface area contributed by atoms with Gasteiger partial charge in [-0.1, -0.05) is 17.7 Å². The van der Waals surface area contributed by atoms with Crippen LogP contribution < -0.4 is 10.2 Å². The number of nitrogens with one attached hydrogen (secondary N) is 1. The van der Waals surface area contributed by atoms with E-state index in [2.05, 4.69) is 5.32 Å². The predicted octanol–water partition coefficient (Wildman–Crippen LogP) is 3.98. The van der Waals surface area contributed by atoms with Crippen LogP contribution in [0.1, 0.15) is 11.3 Å². The molecular formula is C22H16ClN3O3S. The Morgan fingerprint density at radius 3 is 2.47 bits per heavy atom. The van der Waals surface area contributed by atoms with Crippen LogP contribution in [0.3, 0.4) is 0 Å². The number of nitrogens with zero attached hydrogens (tertiary/aromatic N) is 2. The molecular weight excluding hydrogens is 422 g/mol. The summed E-state index contributed by atoms with van der Waals surface area (Å²) in [5.41, 5.74) is 2.67. The van der Waals surface area contributed by atoms with Gasteiger partial charge in [-0.25, -0.2) is 0 Å². The number of halogens is 1. The fourth-order valence-electron chi connectivity index (χ4n) is 3.12. The summed E-state index contributed by atoms with van der Waals surface area (Å²) in [7, 11) is 0. The first-order chi connectivity index (χ1) is 14.3. The lowest BCUT2D eigenvalue weighted by Crippen LogP contribution is -2.54. The highest BCUT2D eigenvalue weighted by atomic mass is 35.5. The van der Waals surface area contributed by atoms with Gasteiger partial charge >= 0.3 is 0 Å². The maximum atomic E-state index is 13.2. The monoisotopic (exact) mass is 437 g/mol. The average molecular weight is 438 g/mol. The van der Waals surface area contributed by atoms with Gasteiger partial charge in [0.2, 0.25) is 0 Å². The highest BCUT2D eigenvalue weighted by Gasteiger charge is 2.34. The molecule has 6 nitrogen and oxygen atoms in total. The largest absolute Gasteiger partial charge is 0.508 e. The summed E-state index contributed by atoms with van der Waals surface area (Å²) in [5, 5.41) is 12.6. The highest BCUT2D eigenvalue weighted by Crippen LogP contribution is 2.27. The van der Waals surface area contributed by atoms with E-state index in [9.17, 15) is 14.7 Å². The van der Waals surface area contributed by atoms with Gasteiger partial charge in [0.05, 0.1) is 5.69 Å². The Balaban J connectivity index is 1.74. The minimum Gasteiger partial charge on any atom is -0.508 e. The zero-order valence-corrected chi connectivity index (χ0v) is 17.4. The van der Waals surface area contributed by atoms with Gasteiger partial charge in [-0.3, -0.25) is 19.8 Å². The van der Waals surface area contributed by atoms with Crippen LogP contribution in [0, 0.1) is 6.92 Å². The fourth-order valence-corrected chi connectivity index (χ4v) is 3.58. The van der Waals surface area contributed by atoms with Gasteiger partial charge in [-0.2, -0.15) is 0 Å². The van der Waals surface area contributed by atoms with Crippen LogP contribution in [0.2, 0.25) is 5.02 Å². The molecule has 2 amide bonds. The van der Waals surface area contributed by atoms with Crippen LogP contribution in [0.4, 0.5) is 5.69 Å². The second-order valence-electron chi connectivity index (χ2n) is 6.71. The molecule has 2 heterocycles. The number of carbonyl (C=O) groups excluding carboxylic acids is 2. The van der Waals surface area contributed by atoms with Crippen molar-refractivity contribution in [2.24, 2.45) is 0 Å². The minimum absolute atomic E-state index is 0.00372. The van der Waals surface area contributed by atoms with E-state index in [0.717, 1.165) is 11.3 Å². The third-order valence-corrected chi connectivity index (χ3v) is 5.41. The average Bonchev–Trinajstić information content (AvgIpc) is 3.16. The quantitative estimate of drug-likeness (QED) is 0.369. The molecule has 0 atom stereocenters. The normalized spacial score (nSPS) is 15.6. The summed E-state index contributed by atoms with van der Waals surface area (Å²) in [6.07, 6.45) is 3.31. The topological polar surface area (TPSA) is 74.6 Å². The SMILES string of the molecule is Cc1ccc(N2C(=O)/C(=C/c3cccn3-c3ccc(O)cc3)C(=O)NC2=S)cc1Cl. The Kier molecular flexibility index (Phi) is 5.15. The molecule has 1 aliphatic heterocycles. The Morgan fingerprint density at radius 2 is 1.77 bits per heavy atom. The molecule has 1 fully saturated rings. The molecule has 1 aliphatic rings. The van der Waals surface area contributed by atoms with Crippen LogP contribution in [0.5, 0.6) is 5.75 Å². The summed E-state index contributed by atoms with van der Waals surface area (Å²) in [6, 6.07) is 15.3. The molecule has 1 saturated heterocycles. The van der Waals surface area contributed by atoms with E-state index in [1.165, 1.54) is 11.0 Å². The number of benzene rings is 2. The number of hydrogen-bond acceptors (Lipinski definition) is 4. The number of rotatable bonds is 3. The van der Waals surface area contributed by atoms with Gasteiger partial charge < -0.3 is 9.67 Å². The van der Waals surface area contributed by atoms with Crippen molar-refractivity contribution in [2.75, 3.05) is 4.90 Å². The van der Waals surface area contributed by atoms with Crippen molar-refractivity contribution < 1.29 is 14.7 Å². The lowest BCUT2D eigenvalue weighted by Gasteiger charge is -2.29. The van der Waals surface area contributed by atoms with E-state index in [0.29, 0.717) is 16.4 Å². The molecule has 8 heteroatoms. The zero-order valence-electron chi connectivity index (χ0n) is 15.8. The van der Waals surface area contributed by atoms with Crippen molar-refractivity contribution in [1.29, 1.82) is 0 Å². The van der Waals surface area contributed by atoms with E-state index < -0.39 is 11.8 Å². The van der Waals surface area contributed by atoms with Gasteiger partial charge in [0, 0.05) is 22.6 Å². The minimum atomic E-state index is -0.571. The smallest absolute Gasteiger partial charge is 0.270 e. The summed E-state index contributed by atoms with van der Waals surface area (Å²) >= 11 is 11.4. The lowest BCUT2D eigenvalue weighted by atomic mass is 10.1. The highest BCUT2D eigenvalue weighted by molar-refractivity contribution is 7.80. The number of anilines is 1. The Labute approximate surface area is 183 Å². The first-order valence-electron chi connectivity index (χ1n) is 8.99. The van der Waals surface area contributed by atoms with E-state index in [4.69, 9.17) is 23.8 Å². The number of phenolic OH excluding ortho intramolecular Hbond substituents is 1. The molecule has 0 spiro atoms. The summed E-state index contributed by atoms with van der Waals surface area (Å²) < 4.78 is 1.80. The van der Waals surface area contributed by atoms with E-state index >= 15 is 0 Å². The Bertz CT molecular complexity index is 1210. The summed E-state index contributed by atoms with van der Waals surface area (Å²) in [4.78, 5) is 27.0. The van der Waals surface area contributed by atoms with Gasteiger partial charge in [0.1, 0.15) is 11.3 Å². The molecule has 4 rings (SSSR count). The van der Waals surface area contributed by atoms with Crippen molar-refractivity contribution in [3.8, 4) is 11.4 Å². The van der Waals surface area contributed by atoms with Crippen LogP contribution >= 0.6 is 23.8 Å². The first-order valence-corrected chi connectivity index (χ1v) is 9.78. The van der Waals surface area contributed by atoms with Crippen LogP contribution in [0.25, 0.3) is 11.8 Å². The van der Waals surface area contributed by atoms with E-state index in [1.807, 2.05) is 6.92 Å². The zero-order chi connectivity index (χ0) is 21.4. The van der Waals surface area contributed by atoms with Crippen LogP contribution in [-0.4, -0.2) is 26.6 Å². The molecule has 0 bridgehead atoms. The van der Waals surface area contributed by atoms with Crippen LogP contribution in [-0.2, 0) is 9.59 Å². The van der Waals surface area contributed by atoms with Gasteiger partial charge in [-0.05, 0) is 79.3 Å². The standard InChI is InChI=1S/C22H16ClN3O3S/c1-13-4-5-16(12-19(13)23)26-21(29)18(20(28)24-22(26)30)11-15-3-2-10-25(15)14-6-8-17(27)9-7-14/h2-12,27H,1H3,(H,24,28,30)/b18-11+. The Hall–Kier alpha value is -3.42. The van der Waals surface area contributed by atoms with E-state index in [-0.39, 0.29) is 16.4 Å². The molecule has 0 aliphatic carbocycles. The molecule has 150 valence electrons. The third kappa shape index (κ3) is 3.60. The number of carbonyl (C=O) groups is 2. The maximum Gasteiger partial charge on any atom is 0.270 e. The molecule has 1 aromatic heterocycles. The second kappa shape index (κ2) is 7.78. The van der Waals surface area contributed by atoms with Crippen LogP contribution in [0.15, 0.2) is 66.4 Å². The predicted molar refractivity (Wildman–Crippen MR) is 120 cm³/mol. The van der Waals surface area contributed by atoms with Crippen molar-refractivity contribution in [3.63, 3.8) is 0 Å².